The van der Waals surface area contributed by atoms with Crippen molar-refractivity contribution in [3.8, 4) is 5.75 Å². The molecule has 5 heteroatoms. The van der Waals surface area contributed by atoms with E-state index in [4.69, 9.17) is 4.74 Å². The molecule has 0 aliphatic carbocycles. The van der Waals surface area contributed by atoms with Crippen LogP contribution in [-0.2, 0) is 9.59 Å². The third-order valence-corrected chi connectivity index (χ3v) is 3.74. The molecule has 1 aromatic rings. The summed E-state index contributed by atoms with van der Waals surface area (Å²) in [5.41, 5.74) is 0.665. The number of rotatable bonds is 4. The molecule has 1 saturated heterocycles. The topological polar surface area (TPSA) is 58.6 Å². The molecule has 1 aromatic carbocycles. The Bertz CT molecular complexity index is 534. The van der Waals surface area contributed by atoms with Crippen molar-refractivity contribution < 1.29 is 14.3 Å². The van der Waals surface area contributed by atoms with Gasteiger partial charge in [-0.05, 0) is 30.4 Å². The number of hydrogen-bond acceptors (Lipinski definition) is 3. The van der Waals surface area contributed by atoms with E-state index in [1.54, 1.807) is 24.3 Å². The minimum absolute atomic E-state index is 0.0170. The van der Waals surface area contributed by atoms with Gasteiger partial charge in [0, 0.05) is 31.8 Å². The summed E-state index contributed by atoms with van der Waals surface area (Å²) in [5.74, 6) is 1.54. The van der Waals surface area contributed by atoms with Crippen molar-refractivity contribution in [2.75, 3.05) is 25.0 Å². The molecule has 0 radical (unpaired) electrons. The number of anilines is 1. The van der Waals surface area contributed by atoms with Gasteiger partial charge in [-0.1, -0.05) is 19.9 Å². The number of piperidine rings is 1. The van der Waals surface area contributed by atoms with E-state index in [0.717, 1.165) is 13.1 Å². The Morgan fingerprint density at radius 3 is 2.59 bits per heavy atom. The molecule has 0 aromatic heterocycles. The van der Waals surface area contributed by atoms with Gasteiger partial charge in [-0.25, -0.2) is 0 Å². The molecular weight excluding hydrogens is 280 g/mol. The van der Waals surface area contributed by atoms with E-state index < -0.39 is 0 Å². The van der Waals surface area contributed by atoms with Crippen LogP contribution < -0.4 is 10.1 Å². The third-order valence-electron chi connectivity index (χ3n) is 3.74. The molecule has 5 nitrogen and oxygen atoms in total. The Hall–Kier alpha value is -2.04. The van der Waals surface area contributed by atoms with Gasteiger partial charge in [0.05, 0.1) is 0 Å². The van der Waals surface area contributed by atoms with Gasteiger partial charge in [0.2, 0.25) is 5.91 Å². The molecule has 0 bridgehead atoms. The molecule has 0 spiro atoms. The number of benzene rings is 1. The van der Waals surface area contributed by atoms with Gasteiger partial charge in [0.1, 0.15) is 5.75 Å². The maximum Gasteiger partial charge on any atom is 0.260 e. The first kappa shape index (κ1) is 16.3. The average molecular weight is 304 g/mol. The van der Waals surface area contributed by atoms with Crippen molar-refractivity contribution in [3.05, 3.63) is 24.3 Å². The van der Waals surface area contributed by atoms with Crippen LogP contribution in [0.1, 0.15) is 27.2 Å². The molecule has 22 heavy (non-hydrogen) atoms. The van der Waals surface area contributed by atoms with Crippen molar-refractivity contribution >= 4 is 17.5 Å². The largest absolute Gasteiger partial charge is 0.484 e. The lowest BCUT2D eigenvalue weighted by molar-refractivity contribution is -0.136. The molecule has 2 rings (SSSR count). The van der Waals surface area contributed by atoms with Gasteiger partial charge in [0.25, 0.3) is 5.91 Å². The standard InChI is InChI=1S/C17H24N2O3/c1-12-7-13(2)10-19(9-12)17(21)11-22-16-6-4-5-15(8-16)18-14(3)20/h4-6,8,12-13H,7,9-11H2,1-3H3,(H,18,20)/t12-,13-/m0/s1. The van der Waals surface area contributed by atoms with Crippen LogP contribution in [0.25, 0.3) is 0 Å². The molecule has 1 N–H and O–H groups in total. The molecule has 2 atom stereocenters. The molecule has 120 valence electrons. The van der Waals surface area contributed by atoms with E-state index >= 15 is 0 Å². The van der Waals surface area contributed by atoms with Crippen molar-refractivity contribution in [2.24, 2.45) is 11.8 Å². The van der Waals surface area contributed by atoms with Gasteiger partial charge in [-0.2, -0.15) is 0 Å². The Labute approximate surface area is 131 Å². The highest BCUT2D eigenvalue weighted by Gasteiger charge is 2.25. The lowest BCUT2D eigenvalue weighted by Crippen LogP contribution is -2.44. The van der Waals surface area contributed by atoms with Gasteiger partial charge >= 0.3 is 0 Å². The maximum absolute atomic E-state index is 12.3. The van der Waals surface area contributed by atoms with E-state index in [9.17, 15) is 9.59 Å². The second-order valence-electron chi connectivity index (χ2n) is 6.24. The average Bonchev–Trinajstić information content (AvgIpc) is 2.43. The van der Waals surface area contributed by atoms with Crippen LogP contribution in [0.3, 0.4) is 0 Å². The minimum Gasteiger partial charge on any atom is -0.484 e. The highest BCUT2D eigenvalue weighted by molar-refractivity contribution is 5.88. The lowest BCUT2D eigenvalue weighted by Gasteiger charge is -2.34. The fourth-order valence-electron chi connectivity index (χ4n) is 2.97. The first-order chi connectivity index (χ1) is 10.4. The van der Waals surface area contributed by atoms with Crippen LogP contribution in [0.15, 0.2) is 24.3 Å². The summed E-state index contributed by atoms with van der Waals surface area (Å²) in [4.78, 5) is 25.2. The van der Waals surface area contributed by atoms with Crippen LogP contribution in [0, 0.1) is 11.8 Å². The summed E-state index contributed by atoms with van der Waals surface area (Å²) in [6, 6.07) is 7.07. The Balaban J connectivity index is 1.89. The molecule has 2 amide bonds. The molecule has 0 saturated carbocycles. The quantitative estimate of drug-likeness (QED) is 0.930. The molecule has 1 aliphatic rings. The highest BCUT2D eigenvalue weighted by Crippen LogP contribution is 2.21. The number of carbonyl (C=O) groups is 2. The normalized spacial score (nSPS) is 21.3. The van der Waals surface area contributed by atoms with Crippen molar-refractivity contribution in [2.45, 2.75) is 27.2 Å². The molecule has 1 heterocycles. The fourth-order valence-corrected chi connectivity index (χ4v) is 2.97. The van der Waals surface area contributed by atoms with Crippen molar-refractivity contribution in [1.82, 2.24) is 4.90 Å². The Morgan fingerprint density at radius 1 is 1.27 bits per heavy atom. The van der Waals surface area contributed by atoms with Gasteiger partial charge in [-0.3, -0.25) is 9.59 Å². The smallest absolute Gasteiger partial charge is 0.260 e. The molecule has 1 aliphatic heterocycles. The zero-order valence-electron chi connectivity index (χ0n) is 13.5. The van der Waals surface area contributed by atoms with Crippen LogP contribution in [0.5, 0.6) is 5.75 Å². The second-order valence-corrected chi connectivity index (χ2v) is 6.24. The van der Waals surface area contributed by atoms with Crippen LogP contribution in [0.2, 0.25) is 0 Å². The van der Waals surface area contributed by atoms with Crippen molar-refractivity contribution in [3.63, 3.8) is 0 Å². The van der Waals surface area contributed by atoms with Gasteiger partial charge in [-0.15, -0.1) is 0 Å². The zero-order valence-corrected chi connectivity index (χ0v) is 13.5. The van der Waals surface area contributed by atoms with E-state index in [0.29, 0.717) is 23.3 Å². The van der Waals surface area contributed by atoms with E-state index in [2.05, 4.69) is 19.2 Å². The van der Waals surface area contributed by atoms with E-state index in [1.165, 1.54) is 13.3 Å². The number of amides is 2. The highest BCUT2D eigenvalue weighted by atomic mass is 16.5. The van der Waals surface area contributed by atoms with E-state index in [-0.39, 0.29) is 18.4 Å². The summed E-state index contributed by atoms with van der Waals surface area (Å²) in [7, 11) is 0. The minimum atomic E-state index is -0.135. The van der Waals surface area contributed by atoms with Crippen LogP contribution >= 0.6 is 0 Å². The van der Waals surface area contributed by atoms with Crippen molar-refractivity contribution in [1.29, 1.82) is 0 Å². The molecular formula is C17H24N2O3. The zero-order chi connectivity index (χ0) is 16.1. The first-order valence-corrected chi connectivity index (χ1v) is 7.72. The maximum atomic E-state index is 12.3. The lowest BCUT2D eigenvalue weighted by atomic mass is 9.92. The van der Waals surface area contributed by atoms with Gasteiger partial charge < -0.3 is 15.0 Å². The third kappa shape index (κ3) is 4.76. The predicted octanol–water partition coefficient (Wildman–Crippen LogP) is 2.53. The Morgan fingerprint density at radius 2 is 1.95 bits per heavy atom. The summed E-state index contributed by atoms with van der Waals surface area (Å²) in [6.07, 6.45) is 1.17. The van der Waals surface area contributed by atoms with E-state index in [1.807, 2.05) is 4.90 Å². The summed E-state index contributed by atoms with van der Waals surface area (Å²) < 4.78 is 5.57. The first-order valence-electron chi connectivity index (χ1n) is 7.72. The second kappa shape index (κ2) is 7.29. The number of likely N-dealkylation sites (tertiary alicyclic amines) is 1. The number of carbonyl (C=O) groups excluding carboxylic acids is 2. The summed E-state index contributed by atoms with van der Waals surface area (Å²) >= 11 is 0. The van der Waals surface area contributed by atoms with Gasteiger partial charge in [0.15, 0.2) is 6.61 Å². The summed E-state index contributed by atoms with van der Waals surface area (Å²) in [5, 5.41) is 2.69. The number of nitrogens with zero attached hydrogens (tertiary/aromatic N) is 1. The number of hydrogen-bond donors (Lipinski definition) is 1. The van der Waals surface area contributed by atoms with Crippen LogP contribution in [0.4, 0.5) is 5.69 Å². The number of nitrogens with one attached hydrogen (secondary N) is 1. The predicted molar refractivity (Wildman–Crippen MR) is 85.8 cm³/mol. The Kier molecular flexibility index (Phi) is 5.41. The number of ether oxygens (including phenoxy) is 1. The SMILES string of the molecule is CC(=O)Nc1cccc(OCC(=O)N2C[C@@H](C)C[C@H](C)C2)c1. The fraction of sp³-hybridized carbons (Fsp3) is 0.529. The van der Waals surface area contributed by atoms with Crippen LogP contribution in [-0.4, -0.2) is 36.4 Å². The molecule has 1 fully saturated rings. The monoisotopic (exact) mass is 304 g/mol. The summed E-state index contributed by atoms with van der Waals surface area (Å²) in [6.45, 7) is 7.44. The molecule has 0 unspecified atom stereocenters.